The maximum atomic E-state index is 13.5. The standard InChI is InChI=1S/C24H29N5O3/c1-18-16-20(30)22(24(31)29(18)14-15-32-2)23(19-6-5-8-25-17-19)28-12-10-27(11-13-28)21-7-3-4-9-26-21/h3-9,16-17,23,30H,10-15H2,1-2H3. The lowest BCUT2D eigenvalue weighted by molar-refractivity contribution is 0.183. The number of aromatic nitrogens is 3. The first kappa shape index (κ1) is 22.0. The van der Waals surface area contributed by atoms with Crippen LogP contribution in [-0.4, -0.2) is 64.4 Å². The molecular formula is C24H29N5O3. The summed E-state index contributed by atoms with van der Waals surface area (Å²) < 4.78 is 6.86. The zero-order chi connectivity index (χ0) is 22.5. The first-order valence-electron chi connectivity index (χ1n) is 10.8. The third-order valence-electron chi connectivity index (χ3n) is 5.97. The van der Waals surface area contributed by atoms with E-state index in [9.17, 15) is 9.90 Å². The molecule has 0 bridgehead atoms. The molecule has 1 saturated heterocycles. The highest BCUT2D eigenvalue weighted by Crippen LogP contribution is 2.33. The number of piperazine rings is 1. The molecule has 8 heteroatoms. The number of anilines is 1. The fraction of sp³-hybridized carbons (Fsp3) is 0.375. The number of aryl methyl sites for hydroxylation is 1. The number of methoxy groups -OCH3 is 1. The van der Waals surface area contributed by atoms with Gasteiger partial charge in [-0.3, -0.25) is 14.7 Å². The Balaban J connectivity index is 1.70. The van der Waals surface area contributed by atoms with Gasteiger partial charge in [0, 0.05) is 64.1 Å². The van der Waals surface area contributed by atoms with E-state index in [0.717, 1.165) is 37.6 Å². The number of hydrogen-bond donors (Lipinski definition) is 1. The molecule has 3 aromatic rings. The van der Waals surface area contributed by atoms with Crippen LogP contribution in [0, 0.1) is 6.92 Å². The van der Waals surface area contributed by atoms with Crippen LogP contribution in [0.2, 0.25) is 0 Å². The van der Waals surface area contributed by atoms with E-state index in [1.165, 1.54) is 0 Å². The molecule has 1 fully saturated rings. The van der Waals surface area contributed by atoms with Gasteiger partial charge in [0.2, 0.25) is 0 Å². The van der Waals surface area contributed by atoms with E-state index in [1.54, 1.807) is 36.3 Å². The van der Waals surface area contributed by atoms with Crippen molar-refractivity contribution in [3.63, 3.8) is 0 Å². The van der Waals surface area contributed by atoms with E-state index in [2.05, 4.69) is 19.8 Å². The molecule has 32 heavy (non-hydrogen) atoms. The van der Waals surface area contributed by atoms with Gasteiger partial charge in [0.25, 0.3) is 5.56 Å². The van der Waals surface area contributed by atoms with Gasteiger partial charge in [0.05, 0.1) is 18.2 Å². The molecule has 1 atom stereocenters. The Kier molecular flexibility index (Phi) is 6.82. The van der Waals surface area contributed by atoms with Crippen molar-refractivity contribution in [2.75, 3.05) is 44.8 Å². The van der Waals surface area contributed by atoms with Crippen LogP contribution in [0.1, 0.15) is 22.9 Å². The van der Waals surface area contributed by atoms with Crippen molar-refractivity contribution in [2.24, 2.45) is 0 Å². The van der Waals surface area contributed by atoms with Gasteiger partial charge in [-0.05, 0) is 36.8 Å². The Morgan fingerprint density at radius 2 is 1.94 bits per heavy atom. The molecule has 4 rings (SSSR count). The summed E-state index contributed by atoms with van der Waals surface area (Å²) in [7, 11) is 1.61. The van der Waals surface area contributed by atoms with Crippen molar-refractivity contribution in [1.82, 2.24) is 19.4 Å². The SMILES string of the molecule is COCCn1c(C)cc(O)c(C(c2cccnc2)N2CCN(c3ccccn3)CC2)c1=O. The molecule has 1 aliphatic heterocycles. The van der Waals surface area contributed by atoms with Crippen molar-refractivity contribution in [3.8, 4) is 5.75 Å². The molecule has 0 saturated carbocycles. The molecule has 4 heterocycles. The van der Waals surface area contributed by atoms with E-state index >= 15 is 0 Å². The van der Waals surface area contributed by atoms with Gasteiger partial charge >= 0.3 is 0 Å². The minimum Gasteiger partial charge on any atom is -0.507 e. The summed E-state index contributed by atoms with van der Waals surface area (Å²) in [5, 5.41) is 10.9. The van der Waals surface area contributed by atoms with Crippen LogP contribution in [0.4, 0.5) is 5.82 Å². The quantitative estimate of drug-likeness (QED) is 0.609. The predicted molar refractivity (Wildman–Crippen MR) is 123 cm³/mol. The second-order valence-electron chi connectivity index (χ2n) is 7.93. The lowest BCUT2D eigenvalue weighted by atomic mass is 9.97. The zero-order valence-electron chi connectivity index (χ0n) is 18.5. The normalized spacial score (nSPS) is 15.6. The van der Waals surface area contributed by atoms with Gasteiger partial charge in [-0.25, -0.2) is 4.98 Å². The summed E-state index contributed by atoms with van der Waals surface area (Å²) in [6.45, 7) is 5.68. The molecule has 0 aliphatic carbocycles. The van der Waals surface area contributed by atoms with Crippen LogP contribution < -0.4 is 10.5 Å². The summed E-state index contributed by atoms with van der Waals surface area (Å²) in [4.78, 5) is 26.8. The molecule has 1 unspecified atom stereocenters. The predicted octanol–water partition coefficient (Wildman–Crippen LogP) is 2.21. The second kappa shape index (κ2) is 9.93. The van der Waals surface area contributed by atoms with E-state index in [0.29, 0.717) is 24.4 Å². The van der Waals surface area contributed by atoms with E-state index < -0.39 is 6.04 Å². The third-order valence-corrected chi connectivity index (χ3v) is 5.97. The summed E-state index contributed by atoms with van der Waals surface area (Å²) in [5.74, 6) is 0.965. The Hall–Kier alpha value is -3.23. The molecular weight excluding hydrogens is 406 g/mol. The van der Waals surface area contributed by atoms with Crippen LogP contribution >= 0.6 is 0 Å². The average molecular weight is 436 g/mol. The van der Waals surface area contributed by atoms with Crippen LogP contribution in [0.15, 0.2) is 59.8 Å². The highest BCUT2D eigenvalue weighted by molar-refractivity contribution is 5.42. The largest absolute Gasteiger partial charge is 0.507 e. The van der Waals surface area contributed by atoms with Crippen molar-refractivity contribution >= 4 is 5.82 Å². The molecule has 0 radical (unpaired) electrons. The first-order chi connectivity index (χ1) is 15.6. The van der Waals surface area contributed by atoms with Gasteiger partial charge < -0.3 is 19.3 Å². The lowest BCUT2D eigenvalue weighted by Gasteiger charge is -2.40. The minimum atomic E-state index is -0.392. The maximum absolute atomic E-state index is 13.5. The molecule has 0 amide bonds. The third kappa shape index (κ3) is 4.51. The highest BCUT2D eigenvalue weighted by atomic mass is 16.5. The van der Waals surface area contributed by atoms with E-state index in [4.69, 9.17) is 4.74 Å². The zero-order valence-corrected chi connectivity index (χ0v) is 18.5. The van der Waals surface area contributed by atoms with Gasteiger partial charge in [-0.15, -0.1) is 0 Å². The van der Waals surface area contributed by atoms with Crippen molar-refractivity contribution in [1.29, 1.82) is 0 Å². The van der Waals surface area contributed by atoms with Gasteiger partial charge in [0.15, 0.2) is 0 Å². The van der Waals surface area contributed by atoms with Gasteiger partial charge in [-0.2, -0.15) is 0 Å². The molecule has 1 aliphatic rings. The number of pyridine rings is 3. The molecule has 0 aromatic carbocycles. The second-order valence-corrected chi connectivity index (χ2v) is 7.93. The van der Waals surface area contributed by atoms with Crippen molar-refractivity contribution in [2.45, 2.75) is 19.5 Å². The van der Waals surface area contributed by atoms with Crippen LogP contribution in [-0.2, 0) is 11.3 Å². The number of aromatic hydroxyl groups is 1. The van der Waals surface area contributed by atoms with Crippen molar-refractivity contribution < 1.29 is 9.84 Å². The van der Waals surface area contributed by atoms with Crippen molar-refractivity contribution in [3.05, 3.63) is 82.2 Å². The monoisotopic (exact) mass is 435 g/mol. The summed E-state index contributed by atoms with van der Waals surface area (Å²) in [6.07, 6.45) is 5.28. The number of rotatable bonds is 7. The highest BCUT2D eigenvalue weighted by Gasteiger charge is 2.31. The van der Waals surface area contributed by atoms with Crippen LogP contribution in [0.5, 0.6) is 5.75 Å². The fourth-order valence-corrected chi connectivity index (χ4v) is 4.33. The summed E-state index contributed by atoms with van der Waals surface area (Å²) in [6, 6.07) is 11.0. The summed E-state index contributed by atoms with van der Waals surface area (Å²) in [5.41, 5.74) is 1.78. The molecule has 168 valence electrons. The Morgan fingerprint density at radius 3 is 2.59 bits per heavy atom. The number of hydrogen-bond acceptors (Lipinski definition) is 7. The van der Waals surface area contributed by atoms with E-state index in [-0.39, 0.29) is 11.3 Å². The van der Waals surface area contributed by atoms with Crippen LogP contribution in [0.3, 0.4) is 0 Å². The topological polar surface area (TPSA) is 83.7 Å². The molecule has 8 nitrogen and oxygen atoms in total. The Morgan fingerprint density at radius 1 is 1.12 bits per heavy atom. The molecule has 0 spiro atoms. The lowest BCUT2D eigenvalue weighted by Crippen LogP contribution is -2.49. The smallest absolute Gasteiger partial charge is 0.259 e. The Bertz CT molecular complexity index is 1080. The Labute approximate surface area is 187 Å². The molecule has 3 aromatic heterocycles. The molecule has 1 N–H and O–H groups in total. The first-order valence-corrected chi connectivity index (χ1v) is 10.8. The van der Waals surface area contributed by atoms with Gasteiger partial charge in [0.1, 0.15) is 11.6 Å². The van der Waals surface area contributed by atoms with Crippen LogP contribution in [0.25, 0.3) is 0 Å². The summed E-state index contributed by atoms with van der Waals surface area (Å²) >= 11 is 0. The maximum Gasteiger partial charge on any atom is 0.259 e. The number of nitrogens with zero attached hydrogens (tertiary/aromatic N) is 5. The van der Waals surface area contributed by atoms with E-state index in [1.807, 2.05) is 37.3 Å². The fourth-order valence-electron chi connectivity index (χ4n) is 4.33. The van der Waals surface area contributed by atoms with Gasteiger partial charge in [-0.1, -0.05) is 12.1 Å². The average Bonchev–Trinajstić information content (AvgIpc) is 2.83. The number of ether oxygens (including phenoxy) is 1. The minimum absolute atomic E-state index is 0.0159.